The molecule has 150 valence electrons. The molecule has 3 nitrogen and oxygen atoms in total. The minimum Gasteiger partial charge on any atom is -0.396 e. The van der Waals surface area contributed by atoms with Gasteiger partial charge in [-0.15, -0.1) is 11.8 Å². The summed E-state index contributed by atoms with van der Waals surface area (Å²) < 4.78 is 39.7. The van der Waals surface area contributed by atoms with Gasteiger partial charge in [0.05, 0.1) is 5.02 Å². The maximum absolute atomic E-state index is 13.3. The van der Waals surface area contributed by atoms with E-state index in [-0.39, 0.29) is 17.9 Å². The van der Waals surface area contributed by atoms with Gasteiger partial charge in [-0.1, -0.05) is 11.6 Å². The predicted octanol–water partition coefficient (Wildman–Crippen LogP) is 5.65. The van der Waals surface area contributed by atoms with E-state index in [9.17, 15) is 23.1 Å². The van der Waals surface area contributed by atoms with E-state index in [0.717, 1.165) is 42.7 Å². The van der Waals surface area contributed by atoms with E-state index < -0.39 is 23.4 Å². The van der Waals surface area contributed by atoms with Crippen LogP contribution in [0.5, 0.6) is 0 Å². The number of aliphatic hydroxyl groups is 1. The number of thioether (sulfide) groups is 1. The molecular weight excluding hydrogens is 411 g/mol. The number of benzene rings is 2. The zero-order valence-electron chi connectivity index (χ0n) is 14.9. The summed E-state index contributed by atoms with van der Waals surface area (Å²) in [6.07, 6.45) is 3.81. The van der Waals surface area contributed by atoms with Crippen LogP contribution < -0.4 is 5.32 Å². The van der Waals surface area contributed by atoms with E-state index in [2.05, 4.69) is 5.32 Å². The Labute approximate surface area is 170 Å². The fourth-order valence-corrected chi connectivity index (χ4v) is 4.67. The van der Waals surface area contributed by atoms with Crippen LogP contribution in [-0.4, -0.2) is 22.9 Å². The summed E-state index contributed by atoms with van der Waals surface area (Å²) in [7, 11) is 0. The molecule has 0 unspecified atom stereocenters. The van der Waals surface area contributed by atoms with Crippen molar-refractivity contribution >= 4 is 35.0 Å². The minimum absolute atomic E-state index is 0.173. The van der Waals surface area contributed by atoms with Crippen molar-refractivity contribution in [3.05, 3.63) is 58.4 Å². The molecule has 0 radical (unpaired) electrons. The molecule has 2 N–H and O–H groups in total. The Kier molecular flexibility index (Phi) is 6.91. The molecule has 28 heavy (non-hydrogen) atoms. The van der Waals surface area contributed by atoms with Gasteiger partial charge in [0.1, 0.15) is 0 Å². The molecule has 0 atom stereocenters. The van der Waals surface area contributed by atoms with Gasteiger partial charge in [-0.3, -0.25) is 4.79 Å². The summed E-state index contributed by atoms with van der Waals surface area (Å²) in [5.74, 6) is -4.56. The highest BCUT2D eigenvalue weighted by molar-refractivity contribution is 8.00. The highest BCUT2D eigenvalue weighted by Gasteiger charge is 2.22. The third-order valence-electron chi connectivity index (χ3n) is 4.78. The quantitative estimate of drug-likeness (QED) is 0.603. The van der Waals surface area contributed by atoms with Crippen LogP contribution in [0.4, 0.5) is 18.9 Å². The first kappa shape index (κ1) is 21.0. The van der Waals surface area contributed by atoms with Crippen molar-refractivity contribution in [1.29, 1.82) is 0 Å². The topological polar surface area (TPSA) is 49.3 Å². The maximum atomic E-state index is 13.3. The maximum Gasteiger partial charge on any atom is 0.255 e. The Morgan fingerprint density at radius 1 is 1.11 bits per heavy atom. The molecule has 0 aliphatic heterocycles. The highest BCUT2D eigenvalue weighted by Crippen LogP contribution is 2.39. The number of anilines is 1. The molecule has 0 spiro atoms. The van der Waals surface area contributed by atoms with E-state index in [1.807, 2.05) is 0 Å². The average Bonchev–Trinajstić information content (AvgIpc) is 2.68. The standard InChI is InChI=1S/C20H19ClF3NO2S/c21-15-6-3-12(7-18(15)28-14-4-1-11(10-26)2-5-14)20(27)25-13-8-16(22)19(24)17(23)9-13/h3,6-9,11,14,26H,1-2,4-5,10H2,(H,25,27). The number of aliphatic hydroxyl groups excluding tert-OH is 1. The van der Waals surface area contributed by atoms with Crippen molar-refractivity contribution in [2.45, 2.75) is 35.8 Å². The van der Waals surface area contributed by atoms with Gasteiger partial charge in [0, 0.05) is 40.1 Å². The summed E-state index contributed by atoms with van der Waals surface area (Å²) >= 11 is 7.85. The molecule has 1 amide bonds. The second-order valence-electron chi connectivity index (χ2n) is 6.80. The molecule has 1 aliphatic rings. The van der Waals surface area contributed by atoms with Crippen LogP contribution in [0.3, 0.4) is 0 Å². The Morgan fingerprint density at radius 3 is 2.36 bits per heavy atom. The molecule has 2 aromatic rings. The van der Waals surface area contributed by atoms with Crippen molar-refractivity contribution < 1.29 is 23.1 Å². The molecule has 2 aromatic carbocycles. The van der Waals surface area contributed by atoms with Gasteiger partial charge in [-0.05, 0) is 49.8 Å². The molecule has 0 bridgehead atoms. The summed E-state index contributed by atoms with van der Waals surface area (Å²) in [6, 6.07) is 6.20. The van der Waals surface area contributed by atoms with Crippen LogP contribution >= 0.6 is 23.4 Å². The van der Waals surface area contributed by atoms with Crippen LogP contribution in [0.15, 0.2) is 35.2 Å². The number of rotatable bonds is 5. The Balaban J connectivity index is 1.71. The molecule has 1 aliphatic carbocycles. The first-order valence-electron chi connectivity index (χ1n) is 8.90. The van der Waals surface area contributed by atoms with Gasteiger partial charge in [0.2, 0.25) is 0 Å². The van der Waals surface area contributed by atoms with E-state index in [1.165, 1.54) is 6.07 Å². The number of hydrogen-bond acceptors (Lipinski definition) is 3. The molecule has 1 saturated carbocycles. The Hall–Kier alpha value is -1.70. The van der Waals surface area contributed by atoms with Crippen LogP contribution in [0.2, 0.25) is 5.02 Å². The fourth-order valence-electron chi connectivity index (χ4n) is 3.18. The van der Waals surface area contributed by atoms with Gasteiger partial charge < -0.3 is 10.4 Å². The largest absolute Gasteiger partial charge is 0.396 e. The lowest BCUT2D eigenvalue weighted by Crippen LogP contribution is -2.18. The monoisotopic (exact) mass is 429 g/mol. The number of carbonyl (C=O) groups is 1. The van der Waals surface area contributed by atoms with Crippen LogP contribution in [-0.2, 0) is 0 Å². The summed E-state index contributed by atoms with van der Waals surface area (Å²) in [5, 5.41) is 12.5. The van der Waals surface area contributed by atoms with Gasteiger partial charge in [0.15, 0.2) is 17.5 Å². The third kappa shape index (κ3) is 5.01. The first-order chi connectivity index (χ1) is 13.4. The number of amides is 1. The van der Waals surface area contributed by atoms with E-state index in [4.69, 9.17) is 11.6 Å². The molecule has 0 aromatic heterocycles. The lowest BCUT2D eigenvalue weighted by atomic mass is 9.90. The number of nitrogens with one attached hydrogen (secondary N) is 1. The molecular formula is C20H19ClF3NO2S. The fraction of sp³-hybridized carbons (Fsp3) is 0.350. The lowest BCUT2D eigenvalue weighted by molar-refractivity contribution is 0.102. The van der Waals surface area contributed by atoms with Crippen molar-refractivity contribution in [2.75, 3.05) is 11.9 Å². The molecule has 3 rings (SSSR count). The second kappa shape index (κ2) is 9.20. The molecule has 8 heteroatoms. The Bertz CT molecular complexity index is 850. The van der Waals surface area contributed by atoms with E-state index in [0.29, 0.717) is 16.2 Å². The number of halogens is 4. The summed E-state index contributed by atoms with van der Waals surface area (Å²) in [5.41, 5.74) is 0.106. The second-order valence-corrected chi connectivity index (χ2v) is 8.55. The first-order valence-corrected chi connectivity index (χ1v) is 10.2. The predicted molar refractivity (Wildman–Crippen MR) is 104 cm³/mol. The van der Waals surface area contributed by atoms with Crippen molar-refractivity contribution in [2.24, 2.45) is 5.92 Å². The van der Waals surface area contributed by atoms with Gasteiger partial charge in [-0.2, -0.15) is 0 Å². The number of hydrogen-bond donors (Lipinski definition) is 2. The molecule has 0 saturated heterocycles. The van der Waals surface area contributed by atoms with Crippen LogP contribution in [0, 0.1) is 23.4 Å². The zero-order valence-corrected chi connectivity index (χ0v) is 16.4. The average molecular weight is 430 g/mol. The van der Waals surface area contributed by atoms with Gasteiger partial charge in [-0.25, -0.2) is 13.2 Å². The van der Waals surface area contributed by atoms with Crippen molar-refractivity contribution in [1.82, 2.24) is 0 Å². The zero-order chi connectivity index (χ0) is 20.3. The van der Waals surface area contributed by atoms with E-state index >= 15 is 0 Å². The normalized spacial score (nSPS) is 19.5. The molecule has 0 heterocycles. The lowest BCUT2D eigenvalue weighted by Gasteiger charge is -2.27. The molecule has 1 fully saturated rings. The Morgan fingerprint density at radius 2 is 1.75 bits per heavy atom. The number of carbonyl (C=O) groups excluding carboxylic acids is 1. The highest BCUT2D eigenvalue weighted by atomic mass is 35.5. The van der Waals surface area contributed by atoms with E-state index in [1.54, 1.807) is 23.9 Å². The summed E-state index contributed by atoms with van der Waals surface area (Å²) in [4.78, 5) is 13.2. The van der Waals surface area contributed by atoms with Gasteiger partial charge in [0.25, 0.3) is 5.91 Å². The van der Waals surface area contributed by atoms with Crippen LogP contribution in [0.25, 0.3) is 0 Å². The van der Waals surface area contributed by atoms with Gasteiger partial charge >= 0.3 is 0 Å². The van der Waals surface area contributed by atoms with Crippen molar-refractivity contribution in [3.63, 3.8) is 0 Å². The summed E-state index contributed by atoms with van der Waals surface area (Å²) in [6.45, 7) is 0.207. The SMILES string of the molecule is O=C(Nc1cc(F)c(F)c(F)c1)c1ccc(Cl)c(SC2CCC(CO)CC2)c1. The van der Waals surface area contributed by atoms with Crippen LogP contribution in [0.1, 0.15) is 36.0 Å². The minimum atomic E-state index is -1.58. The van der Waals surface area contributed by atoms with Crippen molar-refractivity contribution in [3.8, 4) is 0 Å². The smallest absolute Gasteiger partial charge is 0.255 e. The third-order valence-corrected chi connectivity index (χ3v) is 6.62.